The summed E-state index contributed by atoms with van der Waals surface area (Å²) in [5, 5.41) is 1.28. The molecule has 0 spiro atoms. The summed E-state index contributed by atoms with van der Waals surface area (Å²) >= 11 is 0. The van der Waals surface area contributed by atoms with Crippen molar-refractivity contribution in [2.24, 2.45) is 0 Å². The molecular weight excluding hydrogens is 297 g/mol. The van der Waals surface area contributed by atoms with Gasteiger partial charge in [-0.3, -0.25) is 0 Å². The fourth-order valence-electron chi connectivity index (χ4n) is 1.74. The highest BCUT2D eigenvalue weighted by Gasteiger charge is 2.09. The smallest absolute Gasteiger partial charge is 0.212 e. The van der Waals surface area contributed by atoms with Crippen LogP contribution in [0.3, 0.4) is 0 Å². The van der Waals surface area contributed by atoms with E-state index in [0.29, 0.717) is 0 Å². The van der Waals surface area contributed by atoms with Crippen molar-refractivity contribution in [3.63, 3.8) is 0 Å². The minimum absolute atomic E-state index is 0. The fraction of sp³-hybridized carbons (Fsp3) is 0.154. The van der Waals surface area contributed by atoms with E-state index in [9.17, 15) is 0 Å². The SMILES string of the molecule is C=CC[n+]1c(C)ccc2ccccc21.[I-]. The second-order valence-electron chi connectivity index (χ2n) is 3.43. The van der Waals surface area contributed by atoms with E-state index < -0.39 is 0 Å². The number of rotatable bonds is 2. The molecule has 0 radical (unpaired) electrons. The van der Waals surface area contributed by atoms with Gasteiger partial charge in [-0.25, -0.2) is 0 Å². The van der Waals surface area contributed by atoms with Crippen LogP contribution in [0.2, 0.25) is 0 Å². The molecule has 0 N–H and O–H groups in total. The summed E-state index contributed by atoms with van der Waals surface area (Å²) in [4.78, 5) is 0. The summed E-state index contributed by atoms with van der Waals surface area (Å²) in [5.41, 5.74) is 2.54. The van der Waals surface area contributed by atoms with Crippen molar-refractivity contribution in [2.45, 2.75) is 13.5 Å². The third-order valence-electron chi connectivity index (χ3n) is 2.47. The van der Waals surface area contributed by atoms with Gasteiger partial charge in [-0.05, 0) is 18.2 Å². The van der Waals surface area contributed by atoms with Crippen molar-refractivity contribution in [1.82, 2.24) is 0 Å². The first kappa shape index (κ1) is 12.2. The van der Waals surface area contributed by atoms with Crippen LogP contribution in [0.4, 0.5) is 0 Å². The van der Waals surface area contributed by atoms with Crippen molar-refractivity contribution in [3.8, 4) is 0 Å². The lowest BCUT2D eigenvalue weighted by molar-refractivity contribution is -0.667. The molecule has 0 amide bonds. The Bertz CT molecular complexity index is 477. The van der Waals surface area contributed by atoms with Crippen LogP contribution >= 0.6 is 0 Å². The van der Waals surface area contributed by atoms with Gasteiger partial charge in [-0.2, -0.15) is 4.57 Å². The molecule has 0 bridgehead atoms. The summed E-state index contributed by atoms with van der Waals surface area (Å²) in [6, 6.07) is 12.7. The maximum absolute atomic E-state index is 3.78. The molecule has 15 heavy (non-hydrogen) atoms. The Morgan fingerprint density at radius 1 is 1.20 bits per heavy atom. The van der Waals surface area contributed by atoms with Crippen molar-refractivity contribution >= 4 is 10.9 Å². The average molecular weight is 311 g/mol. The van der Waals surface area contributed by atoms with Gasteiger partial charge < -0.3 is 24.0 Å². The zero-order chi connectivity index (χ0) is 9.97. The number of aryl methyl sites for hydroxylation is 1. The van der Waals surface area contributed by atoms with E-state index in [1.807, 2.05) is 6.08 Å². The average Bonchev–Trinajstić information content (AvgIpc) is 2.23. The van der Waals surface area contributed by atoms with Gasteiger partial charge in [0.25, 0.3) is 0 Å². The normalized spacial score (nSPS) is 9.67. The van der Waals surface area contributed by atoms with Crippen molar-refractivity contribution in [3.05, 3.63) is 54.7 Å². The number of pyridine rings is 1. The van der Waals surface area contributed by atoms with E-state index in [4.69, 9.17) is 0 Å². The van der Waals surface area contributed by atoms with Crippen LogP contribution in [-0.2, 0) is 6.54 Å². The number of hydrogen-bond acceptors (Lipinski definition) is 0. The Labute approximate surface area is 107 Å². The maximum atomic E-state index is 3.78. The van der Waals surface area contributed by atoms with Crippen molar-refractivity contribution in [1.29, 1.82) is 0 Å². The zero-order valence-electron chi connectivity index (χ0n) is 8.78. The van der Waals surface area contributed by atoms with E-state index >= 15 is 0 Å². The van der Waals surface area contributed by atoms with E-state index in [-0.39, 0.29) is 24.0 Å². The van der Waals surface area contributed by atoms with Gasteiger partial charge in [0.2, 0.25) is 5.52 Å². The van der Waals surface area contributed by atoms with Crippen LogP contribution in [0.1, 0.15) is 5.69 Å². The molecular formula is C13H14IN. The maximum Gasteiger partial charge on any atom is 0.212 e. The molecule has 0 aliphatic carbocycles. The Hall–Kier alpha value is -0.900. The Morgan fingerprint density at radius 3 is 2.67 bits per heavy atom. The second-order valence-corrected chi connectivity index (χ2v) is 3.43. The molecule has 1 nitrogen and oxygen atoms in total. The summed E-state index contributed by atoms with van der Waals surface area (Å²) < 4.78 is 2.27. The molecule has 0 atom stereocenters. The highest BCUT2D eigenvalue weighted by molar-refractivity contribution is 5.75. The number of para-hydroxylation sites is 1. The molecule has 1 aromatic heterocycles. The first-order valence-corrected chi connectivity index (χ1v) is 4.82. The Balaban J connectivity index is 0.00000112. The van der Waals surface area contributed by atoms with Crippen molar-refractivity contribution in [2.75, 3.05) is 0 Å². The van der Waals surface area contributed by atoms with Gasteiger partial charge in [0, 0.05) is 24.4 Å². The molecule has 2 aromatic rings. The van der Waals surface area contributed by atoms with E-state index in [0.717, 1.165) is 6.54 Å². The Kier molecular flexibility index (Phi) is 4.27. The highest BCUT2D eigenvalue weighted by Crippen LogP contribution is 2.09. The Morgan fingerprint density at radius 2 is 1.93 bits per heavy atom. The number of hydrogen-bond donors (Lipinski definition) is 0. The topological polar surface area (TPSA) is 3.88 Å². The van der Waals surface area contributed by atoms with Gasteiger partial charge in [-0.1, -0.05) is 18.7 Å². The summed E-state index contributed by atoms with van der Waals surface area (Å²) in [5.74, 6) is 0. The fourth-order valence-corrected chi connectivity index (χ4v) is 1.74. The highest BCUT2D eigenvalue weighted by atomic mass is 127. The number of halogens is 1. The lowest BCUT2D eigenvalue weighted by Crippen LogP contribution is -3.00. The minimum atomic E-state index is 0. The molecule has 78 valence electrons. The lowest BCUT2D eigenvalue weighted by Gasteiger charge is -2.01. The quantitative estimate of drug-likeness (QED) is 0.405. The predicted molar refractivity (Wildman–Crippen MR) is 59.1 cm³/mol. The van der Waals surface area contributed by atoms with Crippen LogP contribution in [0.5, 0.6) is 0 Å². The number of nitrogens with zero attached hydrogens (tertiary/aromatic N) is 1. The van der Waals surface area contributed by atoms with E-state index in [1.165, 1.54) is 16.6 Å². The van der Waals surface area contributed by atoms with Crippen molar-refractivity contribution < 1.29 is 28.5 Å². The monoisotopic (exact) mass is 311 g/mol. The number of aromatic nitrogens is 1. The van der Waals surface area contributed by atoms with Gasteiger partial charge in [-0.15, -0.1) is 0 Å². The van der Waals surface area contributed by atoms with Gasteiger partial charge in [0.15, 0.2) is 12.2 Å². The number of fused-ring (bicyclic) bond motifs is 1. The minimum Gasteiger partial charge on any atom is -1.00 e. The molecule has 0 saturated carbocycles. The molecule has 0 unspecified atom stereocenters. The van der Waals surface area contributed by atoms with Crippen LogP contribution in [0.15, 0.2) is 49.1 Å². The summed E-state index contributed by atoms with van der Waals surface area (Å²) in [6.07, 6.45) is 1.93. The molecule has 0 fully saturated rings. The third-order valence-corrected chi connectivity index (χ3v) is 2.47. The summed E-state index contributed by atoms with van der Waals surface area (Å²) in [7, 11) is 0. The zero-order valence-corrected chi connectivity index (χ0v) is 10.9. The second kappa shape index (κ2) is 5.26. The molecule has 0 aliphatic rings. The summed E-state index contributed by atoms with van der Waals surface area (Å²) in [6.45, 7) is 6.77. The lowest BCUT2D eigenvalue weighted by atomic mass is 10.2. The van der Waals surface area contributed by atoms with E-state index in [1.54, 1.807) is 0 Å². The standard InChI is InChI=1S/C13H14N.HI/c1-3-10-14-11(2)8-9-12-6-4-5-7-13(12)14;/h3-9H,1,10H2,2H3;1H/q+1;/p-1. The first-order chi connectivity index (χ1) is 6.83. The molecule has 1 aromatic carbocycles. The van der Waals surface area contributed by atoms with Crippen LogP contribution in [-0.4, -0.2) is 0 Å². The number of benzene rings is 1. The van der Waals surface area contributed by atoms with Crippen LogP contribution in [0, 0.1) is 6.92 Å². The van der Waals surface area contributed by atoms with Gasteiger partial charge in [0.1, 0.15) is 0 Å². The largest absolute Gasteiger partial charge is 1.00 e. The molecule has 2 heteroatoms. The molecule has 1 heterocycles. The van der Waals surface area contributed by atoms with Crippen LogP contribution < -0.4 is 28.5 Å². The molecule has 0 aliphatic heterocycles. The number of allylic oxidation sites excluding steroid dienone is 1. The predicted octanol–water partition coefficient (Wildman–Crippen LogP) is -0.374. The third kappa shape index (κ3) is 2.37. The van der Waals surface area contributed by atoms with Gasteiger partial charge in [0.05, 0.1) is 0 Å². The first-order valence-electron chi connectivity index (χ1n) is 4.82. The molecule has 0 saturated heterocycles. The van der Waals surface area contributed by atoms with E-state index in [2.05, 4.69) is 54.5 Å². The van der Waals surface area contributed by atoms with Gasteiger partial charge >= 0.3 is 0 Å². The molecule has 2 rings (SSSR count). The van der Waals surface area contributed by atoms with Crippen LogP contribution in [0.25, 0.3) is 10.9 Å².